The number of hydrogen-bond donors (Lipinski definition) is 4. The summed E-state index contributed by atoms with van der Waals surface area (Å²) in [6, 6.07) is 2.28. The first kappa shape index (κ1) is 15.1. The van der Waals surface area contributed by atoms with E-state index in [-0.39, 0.29) is 13.0 Å². The number of nitrogens with one attached hydrogen (secondary N) is 2. The second-order valence-electron chi connectivity index (χ2n) is 4.14. The minimum absolute atomic E-state index is 0.108. The molecule has 0 aliphatic rings. The number of aliphatic hydroxyl groups is 1. The Morgan fingerprint density at radius 1 is 1.47 bits per heavy atom. The minimum atomic E-state index is -1.14. The van der Waals surface area contributed by atoms with Crippen molar-refractivity contribution in [2.45, 2.75) is 25.5 Å². The van der Waals surface area contributed by atoms with Crippen LogP contribution < -0.4 is 10.6 Å². The second kappa shape index (κ2) is 7.45. The molecule has 7 nitrogen and oxygen atoms in total. The molecule has 1 heterocycles. The van der Waals surface area contributed by atoms with Crippen molar-refractivity contribution < 1.29 is 19.8 Å². The predicted octanol–water partition coefficient (Wildman–Crippen LogP) is -0.166. The molecule has 0 fully saturated rings. The van der Waals surface area contributed by atoms with Crippen molar-refractivity contribution in [3.8, 4) is 0 Å². The van der Waals surface area contributed by atoms with Gasteiger partial charge < -0.3 is 20.8 Å². The maximum absolute atomic E-state index is 11.7. The van der Waals surface area contributed by atoms with Crippen molar-refractivity contribution in [1.29, 1.82) is 0 Å². The van der Waals surface area contributed by atoms with Gasteiger partial charge in [-0.3, -0.25) is 14.6 Å². The number of carbonyl (C=O) groups excluding carboxylic acids is 1. The average molecular weight is 267 g/mol. The SMILES string of the molecule is CC(O)CN[C@@H](CC(=O)Nc1cccnc1)C(=O)O. The van der Waals surface area contributed by atoms with Crippen LogP contribution in [0, 0.1) is 0 Å². The van der Waals surface area contributed by atoms with Crippen LogP contribution in [-0.4, -0.2) is 45.8 Å². The Bertz CT molecular complexity index is 422. The molecule has 0 aliphatic heterocycles. The summed E-state index contributed by atoms with van der Waals surface area (Å²) in [5, 5.41) is 23.2. The van der Waals surface area contributed by atoms with Crippen molar-refractivity contribution in [3.63, 3.8) is 0 Å². The summed E-state index contributed by atoms with van der Waals surface area (Å²) in [5.41, 5.74) is 0.507. The van der Waals surface area contributed by atoms with Gasteiger partial charge in [0.25, 0.3) is 0 Å². The van der Waals surface area contributed by atoms with E-state index in [1.807, 2.05) is 0 Å². The maximum atomic E-state index is 11.7. The molecule has 1 rings (SSSR count). The van der Waals surface area contributed by atoms with E-state index in [9.17, 15) is 9.59 Å². The second-order valence-corrected chi connectivity index (χ2v) is 4.14. The maximum Gasteiger partial charge on any atom is 0.321 e. The molecule has 1 unspecified atom stereocenters. The van der Waals surface area contributed by atoms with Gasteiger partial charge in [-0.05, 0) is 19.1 Å². The smallest absolute Gasteiger partial charge is 0.321 e. The van der Waals surface area contributed by atoms with E-state index in [1.54, 1.807) is 18.3 Å². The van der Waals surface area contributed by atoms with Crippen LogP contribution in [0.1, 0.15) is 13.3 Å². The van der Waals surface area contributed by atoms with Crippen LogP contribution in [0.15, 0.2) is 24.5 Å². The third kappa shape index (κ3) is 5.94. The van der Waals surface area contributed by atoms with Gasteiger partial charge in [0.05, 0.1) is 24.4 Å². The molecule has 0 spiro atoms. The first-order valence-electron chi connectivity index (χ1n) is 5.83. The molecule has 0 radical (unpaired) electrons. The number of carboxylic acid groups (broad SMARTS) is 1. The number of amides is 1. The summed E-state index contributed by atoms with van der Waals surface area (Å²) >= 11 is 0. The molecule has 0 saturated carbocycles. The first-order valence-corrected chi connectivity index (χ1v) is 5.83. The standard InChI is InChI=1S/C12H17N3O4/c1-8(16)6-14-10(12(18)19)5-11(17)15-9-3-2-4-13-7-9/h2-4,7-8,10,14,16H,5-6H2,1H3,(H,15,17)(H,18,19)/t8?,10-/m0/s1. The zero-order valence-corrected chi connectivity index (χ0v) is 10.5. The Kier molecular flexibility index (Phi) is 5.91. The van der Waals surface area contributed by atoms with E-state index in [0.29, 0.717) is 5.69 Å². The van der Waals surface area contributed by atoms with Gasteiger partial charge in [0.2, 0.25) is 5.91 Å². The zero-order valence-electron chi connectivity index (χ0n) is 10.5. The highest BCUT2D eigenvalue weighted by atomic mass is 16.4. The fraction of sp³-hybridized carbons (Fsp3) is 0.417. The number of aromatic nitrogens is 1. The first-order chi connectivity index (χ1) is 8.99. The average Bonchev–Trinajstić information content (AvgIpc) is 2.35. The van der Waals surface area contributed by atoms with Crippen LogP contribution in [0.25, 0.3) is 0 Å². The predicted molar refractivity (Wildman–Crippen MR) is 68.6 cm³/mol. The van der Waals surface area contributed by atoms with Crippen molar-refractivity contribution in [2.24, 2.45) is 0 Å². The molecule has 0 bridgehead atoms. The number of carboxylic acids is 1. The molecule has 7 heteroatoms. The van der Waals surface area contributed by atoms with Crippen molar-refractivity contribution in [2.75, 3.05) is 11.9 Å². The van der Waals surface area contributed by atoms with Gasteiger partial charge in [0, 0.05) is 12.7 Å². The third-order valence-electron chi connectivity index (χ3n) is 2.29. The molecule has 19 heavy (non-hydrogen) atoms. The van der Waals surface area contributed by atoms with Gasteiger partial charge in [-0.2, -0.15) is 0 Å². The topological polar surface area (TPSA) is 112 Å². The summed E-state index contributed by atoms with van der Waals surface area (Å²) in [5.74, 6) is -1.57. The largest absolute Gasteiger partial charge is 0.480 e. The summed E-state index contributed by atoms with van der Waals surface area (Å²) in [4.78, 5) is 26.5. The number of carbonyl (C=O) groups is 2. The zero-order chi connectivity index (χ0) is 14.3. The van der Waals surface area contributed by atoms with Crippen LogP contribution in [0.4, 0.5) is 5.69 Å². The number of nitrogens with zero attached hydrogens (tertiary/aromatic N) is 1. The molecular weight excluding hydrogens is 250 g/mol. The Morgan fingerprint density at radius 3 is 2.74 bits per heavy atom. The van der Waals surface area contributed by atoms with Gasteiger partial charge in [-0.1, -0.05) is 0 Å². The van der Waals surface area contributed by atoms with Gasteiger partial charge in [-0.15, -0.1) is 0 Å². The molecule has 104 valence electrons. The van der Waals surface area contributed by atoms with Crippen molar-refractivity contribution in [1.82, 2.24) is 10.3 Å². The number of aliphatic carboxylic acids is 1. The Morgan fingerprint density at radius 2 is 2.21 bits per heavy atom. The van der Waals surface area contributed by atoms with Gasteiger partial charge >= 0.3 is 5.97 Å². The fourth-order valence-electron chi connectivity index (χ4n) is 1.39. The summed E-state index contributed by atoms with van der Waals surface area (Å²) in [6.45, 7) is 1.64. The lowest BCUT2D eigenvalue weighted by atomic mass is 10.2. The van der Waals surface area contributed by atoms with Crippen LogP contribution in [0.2, 0.25) is 0 Å². The van der Waals surface area contributed by atoms with E-state index in [2.05, 4.69) is 15.6 Å². The summed E-state index contributed by atoms with van der Waals surface area (Å²) in [7, 11) is 0. The monoisotopic (exact) mass is 267 g/mol. The van der Waals surface area contributed by atoms with Crippen LogP contribution in [0.3, 0.4) is 0 Å². The van der Waals surface area contributed by atoms with E-state index < -0.39 is 24.0 Å². The third-order valence-corrected chi connectivity index (χ3v) is 2.29. The van der Waals surface area contributed by atoms with Crippen LogP contribution >= 0.6 is 0 Å². The van der Waals surface area contributed by atoms with E-state index in [1.165, 1.54) is 13.1 Å². The quantitative estimate of drug-likeness (QED) is 0.546. The lowest BCUT2D eigenvalue weighted by Gasteiger charge is -2.15. The highest BCUT2D eigenvalue weighted by Gasteiger charge is 2.21. The van der Waals surface area contributed by atoms with Gasteiger partial charge in [-0.25, -0.2) is 0 Å². The molecule has 1 aromatic heterocycles. The number of rotatable bonds is 7. The highest BCUT2D eigenvalue weighted by Crippen LogP contribution is 2.04. The molecule has 1 amide bonds. The van der Waals surface area contributed by atoms with Crippen molar-refractivity contribution in [3.05, 3.63) is 24.5 Å². The molecule has 0 aliphatic carbocycles. The van der Waals surface area contributed by atoms with E-state index in [0.717, 1.165) is 0 Å². The van der Waals surface area contributed by atoms with E-state index >= 15 is 0 Å². The Balaban J connectivity index is 2.49. The molecule has 0 saturated heterocycles. The molecular formula is C12H17N3O4. The fourth-order valence-corrected chi connectivity index (χ4v) is 1.39. The van der Waals surface area contributed by atoms with E-state index in [4.69, 9.17) is 10.2 Å². The number of aliphatic hydroxyl groups excluding tert-OH is 1. The molecule has 4 N–H and O–H groups in total. The number of pyridine rings is 1. The Hall–Kier alpha value is -1.99. The normalized spacial score (nSPS) is 13.6. The Labute approximate surface area is 110 Å². The van der Waals surface area contributed by atoms with Crippen molar-refractivity contribution >= 4 is 17.6 Å². The number of anilines is 1. The summed E-state index contributed by atoms with van der Waals surface area (Å²) < 4.78 is 0. The van der Waals surface area contributed by atoms with Crippen LogP contribution in [-0.2, 0) is 9.59 Å². The molecule has 0 aromatic carbocycles. The number of hydrogen-bond acceptors (Lipinski definition) is 5. The lowest BCUT2D eigenvalue weighted by molar-refractivity contribution is -0.141. The lowest BCUT2D eigenvalue weighted by Crippen LogP contribution is -2.42. The van der Waals surface area contributed by atoms with Gasteiger partial charge in [0.1, 0.15) is 6.04 Å². The highest BCUT2D eigenvalue weighted by molar-refractivity contribution is 5.93. The summed E-state index contributed by atoms with van der Waals surface area (Å²) in [6.07, 6.45) is 2.14. The minimum Gasteiger partial charge on any atom is -0.480 e. The molecule has 2 atom stereocenters. The van der Waals surface area contributed by atoms with Crippen LogP contribution in [0.5, 0.6) is 0 Å². The van der Waals surface area contributed by atoms with Gasteiger partial charge in [0.15, 0.2) is 0 Å². The molecule has 1 aromatic rings.